The zero-order chi connectivity index (χ0) is 25.1. The van der Waals surface area contributed by atoms with E-state index >= 15 is 0 Å². The molecule has 11 heteroatoms. The van der Waals surface area contributed by atoms with Crippen molar-refractivity contribution in [2.24, 2.45) is 5.73 Å². The molecule has 1 aromatic carbocycles. The van der Waals surface area contributed by atoms with Crippen molar-refractivity contribution in [3.05, 3.63) is 65.2 Å². The predicted molar refractivity (Wildman–Crippen MR) is 127 cm³/mol. The minimum atomic E-state index is -0.776. The third-order valence-corrected chi connectivity index (χ3v) is 5.85. The molecule has 11 nitrogen and oxygen atoms in total. The van der Waals surface area contributed by atoms with Crippen LogP contribution in [0.3, 0.4) is 0 Å². The SMILES string of the molecule is Cc1ccnc(NC(=O)c2ccc(-c3nc([C@@H]4CCCN4C(=O)CC#N)n(N)c3C(N)=O)cc2)c1. The molecule has 3 amide bonds. The van der Waals surface area contributed by atoms with Crippen LogP contribution in [-0.4, -0.2) is 43.8 Å². The molecule has 1 aliphatic heterocycles. The number of aromatic nitrogens is 3. The summed E-state index contributed by atoms with van der Waals surface area (Å²) in [5.74, 6) is 5.53. The van der Waals surface area contributed by atoms with E-state index in [4.69, 9.17) is 16.8 Å². The third kappa shape index (κ3) is 4.67. The summed E-state index contributed by atoms with van der Waals surface area (Å²) >= 11 is 0. The molecule has 2 aromatic heterocycles. The van der Waals surface area contributed by atoms with Crippen LogP contribution in [0.2, 0.25) is 0 Å². The summed E-state index contributed by atoms with van der Waals surface area (Å²) in [4.78, 5) is 47.5. The molecule has 1 fully saturated rings. The maximum absolute atomic E-state index is 12.6. The molecule has 178 valence electrons. The highest BCUT2D eigenvalue weighted by Gasteiger charge is 2.35. The number of nitrogens with two attached hydrogens (primary N) is 2. The largest absolute Gasteiger partial charge is 0.364 e. The van der Waals surface area contributed by atoms with Crippen molar-refractivity contribution < 1.29 is 14.4 Å². The first-order valence-electron chi connectivity index (χ1n) is 11.0. The number of pyridine rings is 1. The summed E-state index contributed by atoms with van der Waals surface area (Å²) in [5.41, 5.74) is 7.73. The number of rotatable bonds is 6. The van der Waals surface area contributed by atoms with E-state index in [0.717, 1.165) is 16.7 Å². The quantitative estimate of drug-likeness (QED) is 0.459. The van der Waals surface area contributed by atoms with Gasteiger partial charge in [0.05, 0.1) is 12.1 Å². The van der Waals surface area contributed by atoms with Crippen molar-refractivity contribution in [1.82, 2.24) is 19.5 Å². The summed E-state index contributed by atoms with van der Waals surface area (Å²) in [7, 11) is 0. The average Bonchev–Trinajstić information content (AvgIpc) is 3.44. The Morgan fingerprint density at radius 3 is 2.63 bits per heavy atom. The molecule has 0 bridgehead atoms. The lowest BCUT2D eigenvalue weighted by molar-refractivity contribution is -0.131. The second-order valence-electron chi connectivity index (χ2n) is 8.23. The van der Waals surface area contributed by atoms with Crippen LogP contribution in [-0.2, 0) is 4.79 Å². The van der Waals surface area contributed by atoms with Crippen LogP contribution in [0.4, 0.5) is 5.82 Å². The first-order chi connectivity index (χ1) is 16.8. The maximum atomic E-state index is 12.6. The molecule has 4 rings (SSSR count). The molecule has 3 aromatic rings. The maximum Gasteiger partial charge on any atom is 0.269 e. The number of likely N-dealkylation sites (tertiary alicyclic amines) is 1. The minimum Gasteiger partial charge on any atom is -0.364 e. The van der Waals surface area contributed by atoms with Gasteiger partial charge in [-0.1, -0.05) is 12.1 Å². The van der Waals surface area contributed by atoms with Crippen molar-refractivity contribution in [1.29, 1.82) is 5.26 Å². The fourth-order valence-electron chi connectivity index (χ4n) is 4.20. The van der Waals surface area contributed by atoms with Crippen LogP contribution in [0.25, 0.3) is 11.3 Å². The van der Waals surface area contributed by atoms with E-state index in [9.17, 15) is 14.4 Å². The Hall–Kier alpha value is -4.72. The minimum absolute atomic E-state index is 0.0132. The summed E-state index contributed by atoms with van der Waals surface area (Å²) in [5, 5.41) is 11.6. The number of imidazole rings is 1. The monoisotopic (exact) mass is 472 g/mol. The van der Waals surface area contributed by atoms with Gasteiger partial charge in [-0.2, -0.15) is 5.26 Å². The molecule has 0 saturated carbocycles. The van der Waals surface area contributed by atoms with E-state index in [0.29, 0.717) is 35.7 Å². The lowest BCUT2D eigenvalue weighted by Crippen LogP contribution is -2.33. The van der Waals surface area contributed by atoms with Crippen molar-refractivity contribution in [3.8, 4) is 17.3 Å². The van der Waals surface area contributed by atoms with Gasteiger partial charge in [0.15, 0.2) is 11.5 Å². The van der Waals surface area contributed by atoms with Crippen LogP contribution in [0.15, 0.2) is 42.6 Å². The Morgan fingerprint density at radius 2 is 1.97 bits per heavy atom. The number of carbonyl (C=O) groups is 3. The lowest BCUT2D eigenvalue weighted by atomic mass is 10.1. The fraction of sp³-hybridized carbons (Fsp3) is 0.250. The molecule has 35 heavy (non-hydrogen) atoms. The van der Waals surface area contributed by atoms with E-state index in [1.54, 1.807) is 41.4 Å². The standard InChI is InChI=1S/C24H24N8O3/c1-14-9-11-28-18(13-14)29-24(35)16-6-4-15(5-7-16)20-21(22(26)34)32(27)23(30-20)17-3-2-12-31(17)19(33)8-10-25/h4-7,9,11,13,17H,2-3,8,12,27H2,1H3,(H2,26,34)(H,28,29,35)/t17-/m0/s1. The fourth-order valence-corrected chi connectivity index (χ4v) is 4.20. The smallest absolute Gasteiger partial charge is 0.269 e. The number of nitriles is 1. The van der Waals surface area contributed by atoms with Crippen LogP contribution < -0.4 is 16.9 Å². The number of nitrogen functional groups attached to an aromatic ring is 1. The van der Waals surface area contributed by atoms with Crippen molar-refractivity contribution in [2.45, 2.75) is 32.2 Å². The second kappa shape index (κ2) is 9.64. The molecule has 0 spiro atoms. The number of benzene rings is 1. The van der Waals surface area contributed by atoms with Gasteiger partial charge in [0.25, 0.3) is 11.8 Å². The molecular formula is C24H24N8O3. The van der Waals surface area contributed by atoms with Crippen LogP contribution >= 0.6 is 0 Å². The van der Waals surface area contributed by atoms with Gasteiger partial charge in [0.2, 0.25) is 5.91 Å². The lowest BCUT2D eigenvalue weighted by Gasteiger charge is -2.23. The number of primary amides is 1. The number of hydrogen-bond donors (Lipinski definition) is 3. The van der Waals surface area contributed by atoms with E-state index in [2.05, 4.69) is 15.3 Å². The summed E-state index contributed by atoms with van der Waals surface area (Å²) in [6, 6.07) is 11.5. The number of amides is 3. The van der Waals surface area contributed by atoms with Crippen molar-refractivity contribution in [2.75, 3.05) is 17.7 Å². The van der Waals surface area contributed by atoms with Gasteiger partial charge in [-0.25, -0.2) is 14.6 Å². The van der Waals surface area contributed by atoms with E-state index in [1.165, 1.54) is 0 Å². The Labute approximate surface area is 201 Å². The Bertz CT molecular complexity index is 1340. The van der Waals surface area contributed by atoms with Crippen molar-refractivity contribution >= 4 is 23.5 Å². The number of aryl methyl sites for hydroxylation is 1. The predicted octanol–water partition coefficient (Wildman–Crippen LogP) is 1.90. The molecule has 1 atom stereocenters. The Morgan fingerprint density at radius 1 is 1.23 bits per heavy atom. The number of nitrogens with one attached hydrogen (secondary N) is 1. The normalized spacial score (nSPS) is 15.0. The topological polar surface area (TPSA) is 173 Å². The highest BCUT2D eigenvalue weighted by Crippen LogP contribution is 2.34. The molecule has 0 unspecified atom stereocenters. The Balaban J connectivity index is 1.63. The number of anilines is 1. The van der Waals surface area contributed by atoms with Gasteiger partial charge in [-0.15, -0.1) is 0 Å². The summed E-state index contributed by atoms with van der Waals surface area (Å²) in [6.07, 6.45) is 2.67. The summed E-state index contributed by atoms with van der Waals surface area (Å²) in [6.45, 7) is 2.37. The average molecular weight is 473 g/mol. The van der Waals surface area contributed by atoms with Crippen LogP contribution in [0.1, 0.15) is 57.5 Å². The molecule has 0 aliphatic carbocycles. The molecule has 3 heterocycles. The van der Waals surface area contributed by atoms with Gasteiger partial charge < -0.3 is 21.8 Å². The first-order valence-corrected chi connectivity index (χ1v) is 11.0. The van der Waals surface area contributed by atoms with Gasteiger partial charge >= 0.3 is 0 Å². The number of hydrogen-bond acceptors (Lipinski definition) is 7. The second-order valence-corrected chi connectivity index (χ2v) is 8.23. The molecule has 5 N–H and O–H groups in total. The van der Waals surface area contributed by atoms with E-state index in [1.807, 2.05) is 19.1 Å². The third-order valence-electron chi connectivity index (χ3n) is 5.85. The zero-order valence-corrected chi connectivity index (χ0v) is 19.1. The van der Waals surface area contributed by atoms with Gasteiger partial charge in [-0.3, -0.25) is 14.4 Å². The van der Waals surface area contributed by atoms with Crippen molar-refractivity contribution in [3.63, 3.8) is 0 Å². The van der Waals surface area contributed by atoms with E-state index < -0.39 is 11.9 Å². The molecule has 1 saturated heterocycles. The van der Waals surface area contributed by atoms with Gasteiger partial charge in [0.1, 0.15) is 17.9 Å². The van der Waals surface area contributed by atoms with Gasteiger partial charge in [0, 0.05) is 23.9 Å². The van der Waals surface area contributed by atoms with E-state index in [-0.39, 0.29) is 29.6 Å². The van der Waals surface area contributed by atoms with Crippen LogP contribution in [0.5, 0.6) is 0 Å². The number of nitrogens with zero attached hydrogens (tertiary/aromatic N) is 5. The zero-order valence-electron chi connectivity index (χ0n) is 19.1. The Kier molecular flexibility index (Phi) is 6.46. The summed E-state index contributed by atoms with van der Waals surface area (Å²) < 4.78 is 1.12. The van der Waals surface area contributed by atoms with Crippen LogP contribution in [0, 0.1) is 18.3 Å². The highest BCUT2D eigenvalue weighted by molar-refractivity contribution is 6.04. The highest BCUT2D eigenvalue weighted by atomic mass is 16.2. The molecular weight excluding hydrogens is 448 g/mol. The number of carbonyl (C=O) groups excluding carboxylic acids is 3. The first kappa shape index (κ1) is 23.4. The molecule has 0 radical (unpaired) electrons. The van der Waals surface area contributed by atoms with Gasteiger partial charge in [-0.05, 0) is 49.6 Å². The molecule has 1 aliphatic rings.